The molecule has 1 atom stereocenters. The van der Waals surface area contributed by atoms with Gasteiger partial charge in [-0.25, -0.2) is 18.6 Å². The molecule has 1 aromatic carbocycles. The molecule has 33 heavy (non-hydrogen) atoms. The zero-order valence-electron chi connectivity index (χ0n) is 17.8. The zero-order chi connectivity index (χ0) is 23.1. The average Bonchev–Trinajstić information content (AvgIpc) is 3.42. The molecule has 0 radical (unpaired) electrons. The van der Waals surface area contributed by atoms with Gasteiger partial charge in [0.2, 0.25) is 0 Å². The summed E-state index contributed by atoms with van der Waals surface area (Å²) < 4.78 is 38.1. The molecule has 0 saturated carbocycles. The van der Waals surface area contributed by atoms with Crippen LogP contribution < -0.4 is 0 Å². The molecule has 2 N–H and O–H groups in total. The number of halogens is 2. The van der Waals surface area contributed by atoms with E-state index in [1.54, 1.807) is 16.8 Å². The molecule has 170 valence electrons. The molecule has 4 heterocycles. The third-order valence-electron chi connectivity index (χ3n) is 5.82. The van der Waals surface area contributed by atoms with Crippen LogP contribution in [0, 0.1) is 18.6 Å². The average molecular weight is 453 g/mol. The fourth-order valence-electron chi connectivity index (χ4n) is 4.20. The number of imidazole rings is 1. The summed E-state index contributed by atoms with van der Waals surface area (Å²) in [7, 11) is 0. The number of rotatable bonds is 4. The Morgan fingerprint density at radius 1 is 1.27 bits per heavy atom. The number of ether oxygens (including phenoxy) is 1. The van der Waals surface area contributed by atoms with Gasteiger partial charge >= 0.3 is 6.09 Å². The van der Waals surface area contributed by atoms with Gasteiger partial charge in [0.05, 0.1) is 42.4 Å². The molecule has 8 nitrogen and oxygen atoms in total. The van der Waals surface area contributed by atoms with Crippen molar-refractivity contribution in [1.29, 1.82) is 0 Å². The number of pyridine rings is 1. The summed E-state index contributed by atoms with van der Waals surface area (Å²) in [5.74, 6) is -1.49. The number of carbonyl (C=O) groups is 1. The molecule has 10 heteroatoms. The Labute approximate surface area is 187 Å². The number of H-pyrrole nitrogens is 1. The van der Waals surface area contributed by atoms with Gasteiger partial charge in [-0.1, -0.05) is 0 Å². The lowest BCUT2D eigenvalue weighted by Crippen LogP contribution is -2.45. The van der Waals surface area contributed by atoms with Crippen LogP contribution in [0.4, 0.5) is 13.6 Å². The molecule has 1 aliphatic rings. The molecule has 3 aromatic heterocycles. The van der Waals surface area contributed by atoms with E-state index in [1.165, 1.54) is 23.2 Å². The highest BCUT2D eigenvalue weighted by Crippen LogP contribution is 2.34. The van der Waals surface area contributed by atoms with Gasteiger partial charge < -0.3 is 19.1 Å². The van der Waals surface area contributed by atoms with Gasteiger partial charge in [0, 0.05) is 30.9 Å². The number of carboxylic acid groups (broad SMARTS) is 1. The van der Waals surface area contributed by atoms with Crippen molar-refractivity contribution in [1.82, 2.24) is 24.5 Å². The highest BCUT2D eigenvalue weighted by atomic mass is 19.1. The molecule has 0 unspecified atom stereocenters. The Balaban J connectivity index is 1.61. The van der Waals surface area contributed by atoms with E-state index in [-0.39, 0.29) is 37.4 Å². The largest absolute Gasteiger partial charge is 0.465 e. The van der Waals surface area contributed by atoms with Crippen LogP contribution in [-0.2, 0) is 11.2 Å². The van der Waals surface area contributed by atoms with Crippen LogP contribution in [0.5, 0.6) is 0 Å². The van der Waals surface area contributed by atoms with E-state index in [0.717, 1.165) is 5.56 Å². The number of hydrogen-bond donors (Lipinski definition) is 2. The summed E-state index contributed by atoms with van der Waals surface area (Å²) in [5, 5.41) is 15.8. The third kappa shape index (κ3) is 3.93. The number of aromatic nitrogens is 4. The summed E-state index contributed by atoms with van der Waals surface area (Å²) >= 11 is 0. The van der Waals surface area contributed by atoms with Crippen molar-refractivity contribution in [2.45, 2.75) is 19.4 Å². The van der Waals surface area contributed by atoms with E-state index in [1.807, 2.05) is 19.1 Å². The van der Waals surface area contributed by atoms with Crippen LogP contribution in [0.1, 0.15) is 11.3 Å². The number of morpholine rings is 1. The van der Waals surface area contributed by atoms with Gasteiger partial charge in [-0.15, -0.1) is 0 Å². The Hall–Kier alpha value is -3.79. The maximum atomic E-state index is 15.3. The van der Waals surface area contributed by atoms with Gasteiger partial charge in [0.15, 0.2) is 0 Å². The van der Waals surface area contributed by atoms with Gasteiger partial charge in [-0.2, -0.15) is 5.10 Å². The summed E-state index contributed by atoms with van der Waals surface area (Å²) in [6.07, 6.45) is 3.59. The van der Waals surface area contributed by atoms with Gasteiger partial charge in [-0.3, -0.25) is 5.10 Å². The Morgan fingerprint density at radius 2 is 2.06 bits per heavy atom. The molecule has 1 saturated heterocycles. The number of aryl methyl sites for hydroxylation is 1. The maximum Gasteiger partial charge on any atom is 0.407 e. The van der Waals surface area contributed by atoms with Crippen LogP contribution in [0.25, 0.3) is 28.0 Å². The second-order valence-electron chi connectivity index (χ2n) is 8.07. The number of nitrogens with zero attached hydrogens (tertiary/aromatic N) is 4. The number of aromatic amines is 1. The fourth-order valence-corrected chi connectivity index (χ4v) is 4.20. The second kappa shape index (κ2) is 8.28. The predicted octanol–water partition coefficient (Wildman–Crippen LogP) is 3.90. The minimum atomic E-state index is -1.02. The van der Waals surface area contributed by atoms with Crippen LogP contribution >= 0.6 is 0 Å². The van der Waals surface area contributed by atoms with E-state index < -0.39 is 23.8 Å². The van der Waals surface area contributed by atoms with Crippen molar-refractivity contribution < 1.29 is 23.4 Å². The van der Waals surface area contributed by atoms with Crippen molar-refractivity contribution in [3.63, 3.8) is 0 Å². The molecular formula is C23H21F2N5O3. The third-order valence-corrected chi connectivity index (χ3v) is 5.82. The lowest BCUT2D eigenvalue weighted by atomic mass is 10.0. The first-order valence-corrected chi connectivity index (χ1v) is 10.5. The Kier molecular flexibility index (Phi) is 5.29. The topological polar surface area (TPSA) is 95.8 Å². The minimum Gasteiger partial charge on any atom is -0.465 e. The summed E-state index contributed by atoms with van der Waals surface area (Å²) in [5.41, 5.74) is 2.91. The number of benzene rings is 1. The SMILES string of the molecule is Cc1ccn2c(C[C@H]3CN(C(=O)O)CCO3)c(-c3c(F)cc(-c4cn[nH]c4)cc3F)nc2c1. The van der Waals surface area contributed by atoms with Crippen molar-refractivity contribution in [3.05, 3.63) is 65.7 Å². The highest BCUT2D eigenvalue weighted by Gasteiger charge is 2.28. The van der Waals surface area contributed by atoms with Crippen LogP contribution in [-0.4, -0.2) is 61.5 Å². The number of nitrogens with one attached hydrogen (secondary N) is 1. The lowest BCUT2D eigenvalue weighted by molar-refractivity contribution is -0.0214. The Bertz CT molecular complexity index is 1310. The number of fused-ring (bicyclic) bond motifs is 1. The molecule has 5 rings (SSSR count). The second-order valence-corrected chi connectivity index (χ2v) is 8.07. The highest BCUT2D eigenvalue weighted by molar-refractivity contribution is 5.73. The number of amides is 1. The minimum absolute atomic E-state index is 0.165. The summed E-state index contributed by atoms with van der Waals surface area (Å²) in [6.45, 7) is 2.61. The normalized spacial score (nSPS) is 16.5. The van der Waals surface area contributed by atoms with Crippen molar-refractivity contribution in [3.8, 4) is 22.4 Å². The first-order valence-electron chi connectivity index (χ1n) is 10.5. The van der Waals surface area contributed by atoms with Gasteiger partial charge in [-0.05, 0) is 42.3 Å². The lowest BCUT2D eigenvalue weighted by Gasteiger charge is -2.31. The van der Waals surface area contributed by atoms with Crippen molar-refractivity contribution in [2.24, 2.45) is 0 Å². The van der Waals surface area contributed by atoms with E-state index in [9.17, 15) is 9.90 Å². The van der Waals surface area contributed by atoms with E-state index >= 15 is 8.78 Å². The summed E-state index contributed by atoms with van der Waals surface area (Å²) in [4.78, 5) is 17.2. The molecule has 1 aliphatic heterocycles. The fraction of sp³-hybridized carbons (Fsp3) is 0.261. The molecule has 4 aromatic rings. The first-order chi connectivity index (χ1) is 15.9. The quantitative estimate of drug-likeness (QED) is 0.489. The van der Waals surface area contributed by atoms with Crippen LogP contribution in [0.3, 0.4) is 0 Å². The monoisotopic (exact) mass is 453 g/mol. The van der Waals surface area contributed by atoms with E-state index in [4.69, 9.17) is 4.74 Å². The van der Waals surface area contributed by atoms with Crippen molar-refractivity contribution in [2.75, 3.05) is 19.7 Å². The number of hydrogen-bond acceptors (Lipinski definition) is 4. The van der Waals surface area contributed by atoms with Crippen molar-refractivity contribution >= 4 is 11.7 Å². The first kappa shape index (κ1) is 21.1. The van der Waals surface area contributed by atoms with Gasteiger partial charge in [0.25, 0.3) is 0 Å². The summed E-state index contributed by atoms with van der Waals surface area (Å²) in [6, 6.07) is 6.22. The Morgan fingerprint density at radius 3 is 2.76 bits per heavy atom. The molecule has 0 aliphatic carbocycles. The standard InChI is InChI=1S/C23H21F2N5O3/c1-13-2-3-30-19(9-16-12-29(23(31)32)4-5-33-16)22(28-20(30)6-13)21-17(24)7-14(8-18(21)25)15-10-26-27-11-15/h2-3,6-8,10-11,16H,4-5,9,12H2,1H3,(H,26,27)(H,31,32)/t16-/m0/s1. The van der Waals surface area contributed by atoms with E-state index in [2.05, 4.69) is 15.2 Å². The zero-order valence-corrected chi connectivity index (χ0v) is 17.8. The predicted molar refractivity (Wildman–Crippen MR) is 116 cm³/mol. The molecule has 0 spiro atoms. The smallest absolute Gasteiger partial charge is 0.407 e. The van der Waals surface area contributed by atoms with E-state index in [0.29, 0.717) is 22.5 Å². The molecule has 1 fully saturated rings. The maximum absolute atomic E-state index is 15.3. The molecule has 0 bridgehead atoms. The van der Waals surface area contributed by atoms with Crippen LogP contribution in [0.15, 0.2) is 42.9 Å². The van der Waals surface area contributed by atoms with Crippen LogP contribution in [0.2, 0.25) is 0 Å². The van der Waals surface area contributed by atoms with Gasteiger partial charge in [0.1, 0.15) is 17.3 Å². The molecule has 1 amide bonds. The molecular weight excluding hydrogens is 432 g/mol.